The lowest BCUT2D eigenvalue weighted by atomic mass is 9.97. The van der Waals surface area contributed by atoms with Gasteiger partial charge in [0.15, 0.2) is 0 Å². The van der Waals surface area contributed by atoms with Crippen molar-refractivity contribution in [2.24, 2.45) is 0 Å². The van der Waals surface area contributed by atoms with Crippen molar-refractivity contribution >= 4 is 56.1 Å². The van der Waals surface area contributed by atoms with Crippen LogP contribution in [0.1, 0.15) is 33.2 Å². The topological polar surface area (TPSA) is 120 Å². The molecule has 1 heterocycles. The van der Waals surface area contributed by atoms with Crippen LogP contribution in [-0.2, 0) is 0 Å². The Balaban J connectivity index is 1.83. The summed E-state index contributed by atoms with van der Waals surface area (Å²) in [6, 6.07) is 18.7. The van der Waals surface area contributed by atoms with Crippen LogP contribution in [0.3, 0.4) is 0 Å². The van der Waals surface area contributed by atoms with Crippen molar-refractivity contribution in [3.05, 3.63) is 87.9 Å². The Morgan fingerprint density at radius 2 is 1.69 bits per heavy atom. The highest BCUT2D eigenvalue weighted by molar-refractivity contribution is 9.10. The summed E-state index contributed by atoms with van der Waals surface area (Å²) in [5, 5.41) is 18.1. The predicted molar refractivity (Wildman–Crippen MR) is 144 cm³/mol. The number of carbonyl (C=O) groups is 3. The zero-order valence-corrected chi connectivity index (χ0v) is 21.1. The molecule has 182 valence electrons. The number of benzene rings is 3. The van der Waals surface area contributed by atoms with E-state index in [2.05, 4.69) is 31.9 Å². The molecule has 36 heavy (non-hydrogen) atoms. The van der Waals surface area contributed by atoms with Gasteiger partial charge in [-0.3, -0.25) is 4.79 Å². The van der Waals surface area contributed by atoms with Crippen LogP contribution in [0.4, 0.5) is 16.2 Å². The van der Waals surface area contributed by atoms with Crippen LogP contribution in [0.25, 0.3) is 22.2 Å². The van der Waals surface area contributed by atoms with Gasteiger partial charge in [-0.2, -0.15) is 0 Å². The third-order valence-corrected chi connectivity index (χ3v) is 6.06. The number of halogens is 1. The van der Waals surface area contributed by atoms with Gasteiger partial charge < -0.3 is 21.1 Å². The lowest BCUT2D eigenvalue weighted by Crippen LogP contribution is -2.29. The van der Waals surface area contributed by atoms with E-state index in [4.69, 9.17) is 4.98 Å². The van der Waals surface area contributed by atoms with Gasteiger partial charge in [-0.25, -0.2) is 14.6 Å². The molecule has 9 heteroatoms. The van der Waals surface area contributed by atoms with Gasteiger partial charge in [0.2, 0.25) is 0 Å². The Morgan fingerprint density at radius 1 is 0.944 bits per heavy atom. The molecule has 0 saturated heterocycles. The maximum absolute atomic E-state index is 13.7. The Hall–Kier alpha value is -4.24. The fraction of sp³-hybridized carbons (Fsp3) is 0.111. The third-order valence-electron chi connectivity index (χ3n) is 5.56. The number of urea groups is 1. The highest BCUT2D eigenvalue weighted by atomic mass is 79.9. The molecule has 0 spiro atoms. The van der Waals surface area contributed by atoms with Gasteiger partial charge in [0.25, 0.3) is 5.91 Å². The number of aromatic carboxylic acids is 1. The van der Waals surface area contributed by atoms with Crippen LogP contribution in [-0.4, -0.2) is 34.5 Å². The summed E-state index contributed by atoms with van der Waals surface area (Å²) < 4.78 is 0.794. The molecule has 0 unspecified atom stereocenters. The van der Waals surface area contributed by atoms with E-state index >= 15 is 0 Å². The van der Waals surface area contributed by atoms with E-state index in [1.165, 1.54) is 18.2 Å². The molecule has 3 aromatic carbocycles. The number of hydrogen-bond acceptors (Lipinski definition) is 4. The number of nitrogens with one attached hydrogen (secondary N) is 3. The Kier molecular flexibility index (Phi) is 7.30. The quantitative estimate of drug-likeness (QED) is 0.234. The van der Waals surface area contributed by atoms with Gasteiger partial charge in [-0.05, 0) is 55.8 Å². The van der Waals surface area contributed by atoms with Gasteiger partial charge in [0.05, 0.1) is 33.7 Å². The Morgan fingerprint density at radius 3 is 2.39 bits per heavy atom. The minimum atomic E-state index is -1.15. The molecule has 0 aliphatic heterocycles. The van der Waals surface area contributed by atoms with Crippen molar-refractivity contribution in [2.75, 3.05) is 17.2 Å². The summed E-state index contributed by atoms with van der Waals surface area (Å²) in [5.41, 5.74) is 3.70. The molecule has 0 aliphatic rings. The number of amides is 3. The molecule has 0 bridgehead atoms. The number of hydrogen-bond donors (Lipinski definition) is 4. The van der Waals surface area contributed by atoms with Crippen molar-refractivity contribution < 1.29 is 19.5 Å². The van der Waals surface area contributed by atoms with E-state index in [1.54, 1.807) is 6.92 Å². The van der Waals surface area contributed by atoms with E-state index in [9.17, 15) is 19.5 Å². The van der Waals surface area contributed by atoms with Gasteiger partial charge in [-0.15, -0.1) is 0 Å². The summed E-state index contributed by atoms with van der Waals surface area (Å²) in [7, 11) is 0. The molecule has 0 atom stereocenters. The molecule has 0 saturated carbocycles. The molecular formula is C27H23BrN4O4. The first-order valence-corrected chi connectivity index (χ1v) is 12.0. The second-order valence-corrected chi connectivity index (χ2v) is 8.91. The van der Waals surface area contributed by atoms with Crippen LogP contribution >= 0.6 is 15.9 Å². The maximum atomic E-state index is 13.7. The number of nitrogens with zero attached hydrogens (tertiary/aromatic N) is 1. The number of carbonyl (C=O) groups excluding carboxylic acids is 2. The highest BCUT2D eigenvalue weighted by Crippen LogP contribution is 2.32. The summed E-state index contributed by atoms with van der Waals surface area (Å²) in [4.78, 5) is 42.2. The molecule has 3 amide bonds. The highest BCUT2D eigenvalue weighted by Gasteiger charge is 2.21. The second-order valence-electron chi connectivity index (χ2n) is 7.99. The van der Waals surface area contributed by atoms with Crippen LogP contribution in [0, 0.1) is 6.92 Å². The van der Waals surface area contributed by atoms with Crippen molar-refractivity contribution in [3.8, 4) is 11.3 Å². The molecule has 4 aromatic rings. The first-order chi connectivity index (χ1) is 17.3. The largest absolute Gasteiger partial charge is 0.478 e. The number of aromatic nitrogens is 1. The first-order valence-electron chi connectivity index (χ1n) is 11.2. The third kappa shape index (κ3) is 5.21. The number of fused-ring (bicyclic) bond motifs is 1. The van der Waals surface area contributed by atoms with Crippen LogP contribution in [0.2, 0.25) is 0 Å². The lowest BCUT2D eigenvalue weighted by Gasteiger charge is -2.17. The summed E-state index contributed by atoms with van der Waals surface area (Å²) in [6.45, 7) is 3.98. The van der Waals surface area contributed by atoms with Gasteiger partial charge in [0, 0.05) is 22.0 Å². The lowest BCUT2D eigenvalue weighted by molar-refractivity contribution is 0.0696. The number of rotatable bonds is 6. The van der Waals surface area contributed by atoms with E-state index < -0.39 is 17.9 Å². The van der Waals surface area contributed by atoms with E-state index in [1.807, 2.05) is 55.5 Å². The molecule has 0 fully saturated rings. The van der Waals surface area contributed by atoms with E-state index in [-0.39, 0.29) is 16.9 Å². The monoisotopic (exact) mass is 546 g/mol. The number of pyridine rings is 1. The van der Waals surface area contributed by atoms with Gasteiger partial charge in [-0.1, -0.05) is 46.3 Å². The molecule has 4 rings (SSSR count). The van der Waals surface area contributed by atoms with Crippen LogP contribution in [0.15, 0.2) is 71.2 Å². The number of carboxylic acid groups (broad SMARTS) is 1. The molecule has 0 radical (unpaired) electrons. The maximum Gasteiger partial charge on any atom is 0.335 e. The SMILES string of the molecule is CCNC(=O)Nc1cc(C(=O)O)ccc1NC(=O)c1c(C)c(-c2ccccc2)nc2ccc(Br)cc12. The fourth-order valence-electron chi connectivity index (χ4n) is 3.90. The van der Waals surface area contributed by atoms with E-state index in [0.717, 1.165) is 10.0 Å². The number of anilines is 2. The molecule has 8 nitrogen and oxygen atoms in total. The Labute approximate surface area is 215 Å². The molecule has 1 aromatic heterocycles. The normalized spacial score (nSPS) is 10.6. The van der Waals surface area contributed by atoms with E-state index in [0.29, 0.717) is 34.3 Å². The average Bonchev–Trinajstić information content (AvgIpc) is 2.85. The fourth-order valence-corrected chi connectivity index (χ4v) is 4.26. The summed E-state index contributed by atoms with van der Waals surface area (Å²) in [5.74, 6) is -1.57. The molecular weight excluding hydrogens is 524 g/mol. The standard InChI is InChI=1S/C27H23BrN4O4/c1-3-29-27(36)32-22-13-17(26(34)35)9-11-21(22)31-25(33)23-15(2)24(16-7-5-4-6-8-16)30-20-12-10-18(28)14-19(20)23/h4-14H,3H2,1-2H3,(H,31,33)(H,34,35)(H2,29,32,36). The molecule has 0 aliphatic carbocycles. The Bertz CT molecular complexity index is 1490. The summed E-state index contributed by atoms with van der Waals surface area (Å²) >= 11 is 3.48. The zero-order chi connectivity index (χ0) is 25.8. The van der Waals surface area contributed by atoms with Gasteiger partial charge >= 0.3 is 12.0 Å². The summed E-state index contributed by atoms with van der Waals surface area (Å²) in [6.07, 6.45) is 0. The second kappa shape index (κ2) is 10.6. The van der Waals surface area contributed by atoms with Crippen molar-refractivity contribution in [3.63, 3.8) is 0 Å². The smallest absolute Gasteiger partial charge is 0.335 e. The average molecular weight is 547 g/mol. The molecule has 4 N–H and O–H groups in total. The van der Waals surface area contributed by atoms with Crippen LogP contribution < -0.4 is 16.0 Å². The van der Waals surface area contributed by atoms with Gasteiger partial charge in [0.1, 0.15) is 0 Å². The first kappa shape index (κ1) is 24.9. The minimum absolute atomic E-state index is 0.0272. The van der Waals surface area contributed by atoms with Crippen molar-refractivity contribution in [1.82, 2.24) is 10.3 Å². The zero-order valence-electron chi connectivity index (χ0n) is 19.6. The minimum Gasteiger partial charge on any atom is -0.478 e. The predicted octanol–water partition coefficient (Wildman–Crippen LogP) is 6.06. The van der Waals surface area contributed by atoms with Crippen molar-refractivity contribution in [1.29, 1.82) is 0 Å². The van der Waals surface area contributed by atoms with Crippen LogP contribution in [0.5, 0.6) is 0 Å². The number of carboxylic acids is 1. The van der Waals surface area contributed by atoms with Crippen molar-refractivity contribution in [2.45, 2.75) is 13.8 Å².